The minimum atomic E-state index is 0.860. The Hall–Kier alpha value is -0.0400. The summed E-state index contributed by atoms with van der Waals surface area (Å²) in [6, 6.07) is 1.79. The molecule has 0 unspecified atom stereocenters. The van der Waals surface area contributed by atoms with Crippen molar-refractivity contribution in [3.8, 4) is 0 Å². The van der Waals surface area contributed by atoms with Crippen molar-refractivity contribution < 1.29 is 0 Å². The first-order valence-corrected chi connectivity index (χ1v) is 4.89. The molecule has 0 N–H and O–H groups in total. The Kier molecular flexibility index (Phi) is 1.92. The lowest BCUT2D eigenvalue weighted by molar-refractivity contribution is 0.192. The molecule has 2 fully saturated rings. The first-order chi connectivity index (χ1) is 5.33. The number of piperidine rings is 1. The van der Waals surface area contributed by atoms with E-state index in [1.807, 2.05) is 0 Å². The normalized spacial score (nSPS) is 39.8. The van der Waals surface area contributed by atoms with Crippen LogP contribution in [0.3, 0.4) is 0 Å². The molecule has 11 heavy (non-hydrogen) atoms. The molecular weight excluding hydrogens is 134 g/mol. The lowest BCUT2D eigenvalue weighted by atomic mass is 9.89. The number of hydrogen-bond acceptors (Lipinski definition) is 1. The van der Waals surface area contributed by atoms with Gasteiger partial charge in [0, 0.05) is 12.1 Å². The fourth-order valence-corrected chi connectivity index (χ4v) is 2.78. The third kappa shape index (κ3) is 1.10. The van der Waals surface area contributed by atoms with Gasteiger partial charge in [0.25, 0.3) is 0 Å². The second kappa shape index (κ2) is 2.78. The van der Waals surface area contributed by atoms with Crippen molar-refractivity contribution in [2.75, 3.05) is 7.05 Å². The van der Waals surface area contributed by atoms with E-state index < -0.39 is 0 Å². The molecule has 0 aromatic heterocycles. The summed E-state index contributed by atoms with van der Waals surface area (Å²) in [6.07, 6.45) is 7.03. The highest BCUT2D eigenvalue weighted by Gasteiger charge is 2.39. The van der Waals surface area contributed by atoms with Crippen LogP contribution in [-0.4, -0.2) is 24.0 Å². The summed E-state index contributed by atoms with van der Waals surface area (Å²) in [4.78, 5) is 2.60. The Labute approximate surface area is 69.8 Å². The summed E-state index contributed by atoms with van der Waals surface area (Å²) in [6.45, 7) is 2.31. The molecule has 2 rings (SSSR count). The molecule has 0 amide bonds. The Morgan fingerprint density at radius 2 is 2.18 bits per heavy atom. The van der Waals surface area contributed by atoms with Crippen molar-refractivity contribution in [2.45, 2.75) is 51.1 Å². The molecule has 1 nitrogen and oxygen atoms in total. The van der Waals surface area contributed by atoms with Gasteiger partial charge < -0.3 is 0 Å². The summed E-state index contributed by atoms with van der Waals surface area (Å²) < 4.78 is 0. The van der Waals surface area contributed by atoms with E-state index in [4.69, 9.17) is 0 Å². The maximum Gasteiger partial charge on any atom is 0.0158 e. The fourth-order valence-electron chi connectivity index (χ4n) is 2.78. The molecule has 0 aliphatic carbocycles. The third-order valence-electron chi connectivity index (χ3n) is 3.56. The Bertz CT molecular complexity index is 144. The lowest BCUT2D eigenvalue weighted by Crippen LogP contribution is -2.40. The SMILES string of the molecule is CC[C]1CC[C@@H]2CC[C@H]1N2C. The van der Waals surface area contributed by atoms with E-state index in [-0.39, 0.29) is 0 Å². The van der Waals surface area contributed by atoms with Crippen LogP contribution in [0.25, 0.3) is 0 Å². The van der Waals surface area contributed by atoms with E-state index in [1.165, 1.54) is 32.1 Å². The summed E-state index contributed by atoms with van der Waals surface area (Å²) >= 11 is 0. The van der Waals surface area contributed by atoms with Gasteiger partial charge in [0.1, 0.15) is 0 Å². The van der Waals surface area contributed by atoms with E-state index in [1.54, 1.807) is 5.92 Å². The van der Waals surface area contributed by atoms with Gasteiger partial charge >= 0.3 is 0 Å². The highest BCUT2D eigenvalue weighted by molar-refractivity contribution is 5.10. The van der Waals surface area contributed by atoms with E-state index >= 15 is 0 Å². The first kappa shape index (κ1) is 7.60. The van der Waals surface area contributed by atoms with Crippen molar-refractivity contribution >= 4 is 0 Å². The summed E-state index contributed by atoms with van der Waals surface area (Å²) in [5, 5.41) is 0. The van der Waals surface area contributed by atoms with E-state index in [0.29, 0.717) is 0 Å². The summed E-state index contributed by atoms with van der Waals surface area (Å²) in [7, 11) is 2.30. The first-order valence-electron chi connectivity index (χ1n) is 4.89. The van der Waals surface area contributed by atoms with Gasteiger partial charge in [-0.3, -0.25) is 4.90 Å². The molecular formula is C10H18N. The minimum absolute atomic E-state index is 0.860. The molecule has 1 radical (unpaired) electrons. The van der Waals surface area contributed by atoms with Crippen LogP contribution in [0.5, 0.6) is 0 Å². The van der Waals surface area contributed by atoms with Gasteiger partial charge in [-0.2, -0.15) is 0 Å². The van der Waals surface area contributed by atoms with Crippen molar-refractivity contribution in [1.29, 1.82) is 0 Å². The van der Waals surface area contributed by atoms with Gasteiger partial charge in [0.15, 0.2) is 0 Å². The maximum atomic E-state index is 2.60. The molecule has 63 valence electrons. The topological polar surface area (TPSA) is 3.24 Å². The Morgan fingerprint density at radius 3 is 2.91 bits per heavy atom. The van der Waals surface area contributed by atoms with Crippen molar-refractivity contribution in [1.82, 2.24) is 4.90 Å². The molecule has 2 bridgehead atoms. The predicted octanol–water partition coefficient (Wildman–Crippen LogP) is 2.23. The van der Waals surface area contributed by atoms with Gasteiger partial charge in [-0.1, -0.05) is 6.92 Å². The molecule has 0 aromatic carbocycles. The highest BCUT2D eigenvalue weighted by atomic mass is 15.2. The summed E-state index contributed by atoms with van der Waals surface area (Å²) in [5.41, 5.74) is 0. The molecule has 2 aliphatic heterocycles. The zero-order chi connectivity index (χ0) is 7.84. The van der Waals surface area contributed by atoms with Crippen molar-refractivity contribution in [3.63, 3.8) is 0 Å². The van der Waals surface area contributed by atoms with Crippen LogP contribution in [0.1, 0.15) is 39.0 Å². The number of fused-ring (bicyclic) bond motifs is 2. The second-order valence-corrected chi connectivity index (χ2v) is 3.96. The largest absolute Gasteiger partial charge is 0.300 e. The number of hydrogen-bond donors (Lipinski definition) is 0. The van der Waals surface area contributed by atoms with Gasteiger partial charge in [-0.15, -0.1) is 0 Å². The Balaban J connectivity index is 2.08. The van der Waals surface area contributed by atoms with Gasteiger partial charge in [0.2, 0.25) is 0 Å². The molecule has 2 aliphatic rings. The van der Waals surface area contributed by atoms with Crippen LogP contribution in [-0.2, 0) is 0 Å². The van der Waals surface area contributed by atoms with Gasteiger partial charge in [-0.25, -0.2) is 0 Å². The van der Waals surface area contributed by atoms with Gasteiger partial charge in [-0.05, 0) is 45.1 Å². The highest BCUT2D eigenvalue weighted by Crippen LogP contribution is 2.40. The lowest BCUT2D eigenvalue weighted by Gasteiger charge is -2.36. The number of rotatable bonds is 1. The quantitative estimate of drug-likeness (QED) is 0.557. The molecule has 2 heterocycles. The van der Waals surface area contributed by atoms with Crippen molar-refractivity contribution in [3.05, 3.63) is 5.92 Å². The molecule has 0 saturated carbocycles. The predicted molar refractivity (Wildman–Crippen MR) is 47.3 cm³/mol. The molecule has 2 atom stereocenters. The average molecular weight is 152 g/mol. The fraction of sp³-hybridized carbons (Fsp3) is 0.900. The molecule has 0 aromatic rings. The van der Waals surface area contributed by atoms with Crippen LogP contribution in [0.4, 0.5) is 0 Å². The monoisotopic (exact) mass is 152 g/mol. The third-order valence-corrected chi connectivity index (χ3v) is 3.56. The van der Waals surface area contributed by atoms with Crippen LogP contribution >= 0.6 is 0 Å². The van der Waals surface area contributed by atoms with Crippen LogP contribution in [0, 0.1) is 5.92 Å². The molecule has 0 spiro atoms. The zero-order valence-corrected chi connectivity index (χ0v) is 7.64. The maximum absolute atomic E-state index is 2.60. The zero-order valence-electron chi connectivity index (χ0n) is 7.64. The van der Waals surface area contributed by atoms with Crippen molar-refractivity contribution in [2.24, 2.45) is 0 Å². The number of nitrogens with zero attached hydrogens (tertiary/aromatic N) is 1. The van der Waals surface area contributed by atoms with Crippen LogP contribution in [0.2, 0.25) is 0 Å². The standard InChI is InChI=1S/C10H18N/c1-3-8-4-5-9-6-7-10(8)11(9)2/h9-10H,3-7H2,1-2H3/t9-,10-/m1/s1. The van der Waals surface area contributed by atoms with Crippen LogP contribution < -0.4 is 0 Å². The van der Waals surface area contributed by atoms with E-state index in [0.717, 1.165) is 12.1 Å². The summed E-state index contributed by atoms with van der Waals surface area (Å²) in [5.74, 6) is 1.81. The van der Waals surface area contributed by atoms with E-state index in [2.05, 4.69) is 18.9 Å². The van der Waals surface area contributed by atoms with Gasteiger partial charge in [0.05, 0.1) is 0 Å². The Morgan fingerprint density at radius 1 is 1.36 bits per heavy atom. The van der Waals surface area contributed by atoms with E-state index in [9.17, 15) is 0 Å². The minimum Gasteiger partial charge on any atom is -0.300 e. The molecule has 1 heteroatoms. The smallest absolute Gasteiger partial charge is 0.0158 e. The average Bonchev–Trinajstić information content (AvgIpc) is 2.31. The molecule has 2 saturated heterocycles. The second-order valence-electron chi connectivity index (χ2n) is 3.96. The van der Waals surface area contributed by atoms with Crippen LogP contribution in [0.15, 0.2) is 0 Å².